The number of nitrogens with zero attached hydrogens (tertiary/aromatic N) is 2. The summed E-state index contributed by atoms with van der Waals surface area (Å²) in [4.78, 5) is 35.2. The van der Waals surface area contributed by atoms with Gasteiger partial charge in [0.15, 0.2) is 0 Å². The summed E-state index contributed by atoms with van der Waals surface area (Å²) in [5.41, 5.74) is 5.16. The maximum Gasteiger partial charge on any atom is 0.366 e. The average Bonchev–Trinajstić information content (AvgIpc) is 2.77. The van der Waals surface area contributed by atoms with E-state index in [0.29, 0.717) is 22.6 Å². The van der Waals surface area contributed by atoms with Gasteiger partial charge in [-0.3, -0.25) is 0 Å². The van der Waals surface area contributed by atoms with Crippen LogP contribution in [0, 0.1) is 19.8 Å². The standard InChI is InChI=1S/C26H26N2O4/c1-16(2)22-15-23(27-31-25(29)20-12-8-6-10-17(20)3)19(5)14-24(22)28-32-26(30)21-13-9-7-11-18(21)4/h6-16H,1-5H3/b27-23+,28-24+. The first kappa shape index (κ1) is 22.9. The summed E-state index contributed by atoms with van der Waals surface area (Å²) in [6, 6.07) is 14.4. The van der Waals surface area contributed by atoms with E-state index in [0.717, 1.165) is 22.3 Å². The molecule has 1 aliphatic carbocycles. The van der Waals surface area contributed by atoms with Gasteiger partial charge in [-0.1, -0.05) is 60.6 Å². The number of carbonyl (C=O) groups is 2. The van der Waals surface area contributed by atoms with Crippen LogP contribution < -0.4 is 0 Å². The summed E-state index contributed by atoms with van der Waals surface area (Å²) >= 11 is 0. The van der Waals surface area contributed by atoms with E-state index in [4.69, 9.17) is 9.68 Å². The summed E-state index contributed by atoms with van der Waals surface area (Å²) in [5.74, 6) is -0.960. The SMILES string of the molecule is CC1=CC(=N\OC(=O)c2ccccc2C)/C(C(C)C)=CC/1=N\OC(=O)c1ccccc1C. The van der Waals surface area contributed by atoms with E-state index in [1.807, 2.05) is 58.9 Å². The number of hydrogen-bond acceptors (Lipinski definition) is 6. The van der Waals surface area contributed by atoms with Crippen LogP contribution in [0.4, 0.5) is 0 Å². The van der Waals surface area contributed by atoms with Crippen molar-refractivity contribution in [1.29, 1.82) is 0 Å². The van der Waals surface area contributed by atoms with Crippen molar-refractivity contribution in [2.45, 2.75) is 34.6 Å². The third kappa shape index (κ3) is 5.27. The summed E-state index contributed by atoms with van der Waals surface area (Å²) in [6.07, 6.45) is 3.56. The minimum atomic E-state index is -0.519. The second-order valence-corrected chi connectivity index (χ2v) is 7.92. The average molecular weight is 431 g/mol. The summed E-state index contributed by atoms with van der Waals surface area (Å²) in [7, 11) is 0. The quantitative estimate of drug-likeness (QED) is 0.353. The van der Waals surface area contributed by atoms with Crippen molar-refractivity contribution in [2.24, 2.45) is 16.2 Å². The van der Waals surface area contributed by atoms with E-state index in [-0.39, 0.29) is 5.92 Å². The van der Waals surface area contributed by atoms with Crippen LogP contribution in [-0.2, 0) is 9.68 Å². The smallest absolute Gasteiger partial charge is 0.312 e. The zero-order valence-corrected chi connectivity index (χ0v) is 18.9. The zero-order valence-electron chi connectivity index (χ0n) is 18.9. The van der Waals surface area contributed by atoms with Crippen molar-refractivity contribution in [1.82, 2.24) is 0 Å². The molecule has 164 valence electrons. The van der Waals surface area contributed by atoms with E-state index in [1.165, 1.54) is 0 Å². The van der Waals surface area contributed by atoms with E-state index in [1.54, 1.807) is 36.4 Å². The molecular formula is C26H26N2O4. The van der Waals surface area contributed by atoms with Crippen LogP contribution in [-0.4, -0.2) is 23.4 Å². The van der Waals surface area contributed by atoms with Gasteiger partial charge in [-0.05, 0) is 73.2 Å². The predicted octanol–water partition coefficient (Wildman–Crippen LogP) is 5.57. The molecule has 0 radical (unpaired) electrons. The number of allylic oxidation sites excluding steroid dienone is 4. The fraction of sp³-hybridized carbons (Fsp3) is 0.231. The Hall–Kier alpha value is -3.80. The summed E-state index contributed by atoms with van der Waals surface area (Å²) in [5, 5.41) is 8.17. The lowest BCUT2D eigenvalue weighted by atomic mass is 9.90. The molecule has 0 amide bonds. The van der Waals surface area contributed by atoms with Crippen LogP contribution >= 0.6 is 0 Å². The molecular weight excluding hydrogens is 404 g/mol. The molecule has 0 bridgehead atoms. The van der Waals surface area contributed by atoms with Gasteiger partial charge < -0.3 is 9.68 Å². The van der Waals surface area contributed by atoms with Gasteiger partial charge in [0.25, 0.3) is 0 Å². The van der Waals surface area contributed by atoms with Crippen molar-refractivity contribution in [3.8, 4) is 0 Å². The Labute approximate surface area is 187 Å². The maximum absolute atomic E-state index is 12.4. The molecule has 0 unspecified atom stereocenters. The first-order valence-corrected chi connectivity index (χ1v) is 10.4. The molecule has 0 spiro atoms. The Kier molecular flexibility index (Phi) is 7.15. The molecule has 2 aromatic rings. The highest BCUT2D eigenvalue weighted by Crippen LogP contribution is 2.22. The third-order valence-corrected chi connectivity index (χ3v) is 5.15. The lowest BCUT2D eigenvalue weighted by Gasteiger charge is -2.17. The molecule has 0 fully saturated rings. The number of benzene rings is 2. The minimum Gasteiger partial charge on any atom is -0.312 e. The normalized spacial score (nSPS) is 16.1. The van der Waals surface area contributed by atoms with E-state index in [2.05, 4.69) is 10.3 Å². The number of rotatable bonds is 5. The van der Waals surface area contributed by atoms with Crippen LogP contribution in [0.15, 0.2) is 82.1 Å². The van der Waals surface area contributed by atoms with Gasteiger partial charge >= 0.3 is 11.9 Å². The highest BCUT2D eigenvalue weighted by atomic mass is 16.7. The van der Waals surface area contributed by atoms with Crippen molar-refractivity contribution in [3.63, 3.8) is 0 Å². The number of carbonyl (C=O) groups excluding carboxylic acids is 2. The molecule has 2 aromatic carbocycles. The Bertz CT molecular complexity index is 1170. The Morgan fingerprint density at radius 3 is 1.66 bits per heavy atom. The van der Waals surface area contributed by atoms with Crippen LogP contribution in [0.2, 0.25) is 0 Å². The monoisotopic (exact) mass is 430 g/mol. The molecule has 0 saturated heterocycles. The van der Waals surface area contributed by atoms with E-state index < -0.39 is 11.9 Å². The molecule has 6 heteroatoms. The van der Waals surface area contributed by atoms with Crippen molar-refractivity contribution >= 4 is 23.4 Å². The Balaban J connectivity index is 1.81. The van der Waals surface area contributed by atoms with Crippen LogP contribution in [0.5, 0.6) is 0 Å². The van der Waals surface area contributed by atoms with Gasteiger partial charge in [0.1, 0.15) is 11.4 Å². The van der Waals surface area contributed by atoms with Gasteiger partial charge in [-0.2, -0.15) is 0 Å². The van der Waals surface area contributed by atoms with Gasteiger partial charge in [0.05, 0.1) is 11.1 Å². The number of oxime groups is 2. The summed E-state index contributed by atoms with van der Waals surface area (Å²) in [6.45, 7) is 9.50. The molecule has 0 saturated carbocycles. The zero-order chi connectivity index (χ0) is 23.3. The first-order valence-electron chi connectivity index (χ1n) is 10.4. The fourth-order valence-electron chi connectivity index (χ4n) is 3.22. The molecule has 0 aromatic heterocycles. The van der Waals surface area contributed by atoms with Gasteiger partial charge in [0, 0.05) is 0 Å². The molecule has 0 N–H and O–H groups in total. The van der Waals surface area contributed by atoms with Crippen LogP contribution in [0.3, 0.4) is 0 Å². The second kappa shape index (κ2) is 10.0. The van der Waals surface area contributed by atoms with Crippen LogP contribution in [0.25, 0.3) is 0 Å². The largest absolute Gasteiger partial charge is 0.366 e. The minimum absolute atomic E-state index is 0.0764. The molecule has 0 atom stereocenters. The van der Waals surface area contributed by atoms with Crippen molar-refractivity contribution in [2.75, 3.05) is 0 Å². The molecule has 0 aliphatic heterocycles. The predicted molar refractivity (Wildman–Crippen MR) is 125 cm³/mol. The summed E-state index contributed by atoms with van der Waals surface area (Å²) < 4.78 is 0. The molecule has 3 rings (SSSR count). The second-order valence-electron chi connectivity index (χ2n) is 7.92. The lowest BCUT2D eigenvalue weighted by Crippen LogP contribution is -2.18. The van der Waals surface area contributed by atoms with Gasteiger partial charge in [0.2, 0.25) is 0 Å². The number of hydrogen-bond donors (Lipinski definition) is 0. The fourth-order valence-corrected chi connectivity index (χ4v) is 3.22. The highest BCUT2D eigenvalue weighted by molar-refractivity contribution is 6.23. The Morgan fingerprint density at radius 2 is 1.19 bits per heavy atom. The maximum atomic E-state index is 12.4. The molecule has 0 heterocycles. The number of aryl methyl sites for hydroxylation is 2. The van der Waals surface area contributed by atoms with E-state index in [9.17, 15) is 9.59 Å². The molecule has 1 aliphatic rings. The lowest BCUT2D eigenvalue weighted by molar-refractivity contribution is 0.0506. The van der Waals surface area contributed by atoms with Gasteiger partial charge in [-0.25, -0.2) is 9.59 Å². The Morgan fingerprint density at radius 1 is 0.719 bits per heavy atom. The highest BCUT2D eigenvalue weighted by Gasteiger charge is 2.20. The van der Waals surface area contributed by atoms with Crippen molar-refractivity contribution in [3.05, 3.63) is 94.1 Å². The van der Waals surface area contributed by atoms with Gasteiger partial charge in [-0.15, -0.1) is 0 Å². The third-order valence-electron chi connectivity index (χ3n) is 5.15. The first-order chi connectivity index (χ1) is 15.3. The topological polar surface area (TPSA) is 77.3 Å². The molecule has 6 nitrogen and oxygen atoms in total. The van der Waals surface area contributed by atoms with Crippen molar-refractivity contribution < 1.29 is 19.3 Å². The van der Waals surface area contributed by atoms with Crippen LogP contribution in [0.1, 0.15) is 52.6 Å². The molecule has 32 heavy (non-hydrogen) atoms. The van der Waals surface area contributed by atoms with E-state index >= 15 is 0 Å².